The summed E-state index contributed by atoms with van der Waals surface area (Å²) in [5, 5.41) is 5.34. The fourth-order valence-corrected chi connectivity index (χ4v) is 1.86. The molecule has 6 heteroatoms. The first-order chi connectivity index (χ1) is 10.8. The van der Waals surface area contributed by atoms with Crippen molar-refractivity contribution in [3.05, 3.63) is 35.6 Å². The minimum absolute atomic E-state index is 0.0111. The van der Waals surface area contributed by atoms with Crippen LogP contribution in [0.1, 0.15) is 50.4 Å². The predicted octanol–water partition coefficient (Wildman–Crippen LogP) is 2.21. The van der Waals surface area contributed by atoms with E-state index in [0.29, 0.717) is 5.56 Å². The lowest BCUT2D eigenvalue weighted by molar-refractivity contribution is -0.128. The van der Waals surface area contributed by atoms with Crippen molar-refractivity contribution < 1.29 is 18.8 Å². The highest BCUT2D eigenvalue weighted by atomic mass is 19.1. The third-order valence-corrected chi connectivity index (χ3v) is 3.52. The monoisotopic (exact) mass is 322 g/mol. The molecule has 0 saturated carbocycles. The Kier molecular flexibility index (Phi) is 7.38. The van der Waals surface area contributed by atoms with Crippen molar-refractivity contribution in [1.82, 2.24) is 10.6 Å². The first kappa shape index (κ1) is 18.8. The van der Waals surface area contributed by atoms with Gasteiger partial charge in [0.25, 0.3) is 0 Å². The molecule has 2 amide bonds. The van der Waals surface area contributed by atoms with Crippen molar-refractivity contribution in [2.75, 3.05) is 0 Å². The lowest BCUT2D eigenvalue weighted by Gasteiger charge is -2.17. The van der Waals surface area contributed by atoms with Crippen molar-refractivity contribution >= 4 is 17.6 Å². The van der Waals surface area contributed by atoms with Gasteiger partial charge in [-0.15, -0.1) is 0 Å². The first-order valence-electron chi connectivity index (χ1n) is 7.72. The largest absolute Gasteiger partial charge is 0.352 e. The molecule has 0 fully saturated rings. The van der Waals surface area contributed by atoms with Crippen molar-refractivity contribution in [3.8, 4) is 0 Å². The molecule has 0 aliphatic heterocycles. The summed E-state index contributed by atoms with van der Waals surface area (Å²) in [6.07, 6.45) is 0.799. The van der Waals surface area contributed by atoms with Crippen LogP contribution in [0.5, 0.6) is 0 Å². The molecule has 0 heterocycles. The van der Waals surface area contributed by atoms with E-state index in [9.17, 15) is 18.8 Å². The van der Waals surface area contributed by atoms with E-state index in [-0.39, 0.29) is 36.5 Å². The van der Waals surface area contributed by atoms with Crippen LogP contribution in [-0.4, -0.2) is 29.7 Å². The summed E-state index contributed by atoms with van der Waals surface area (Å²) in [5.74, 6) is -1.28. The summed E-state index contributed by atoms with van der Waals surface area (Å²) in [6.45, 7) is 5.43. The number of benzene rings is 1. The molecule has 23 heavy (non-hydrogen) atoms. The van der Waals surface area contributed by atoms with Gasteiger partial charge in [-0.05, 0) is 44.5 Å². The van der Waals surface area contributed by atoms with Crippen LogP contribution in [-0.2, 0) is 9.59 Å². The van der Waals surface area contributed by atoms with E-state index in [0.717, 1.165) is 6.42 Å². The maximum atomic E-state index is 12.8. The van der Waals surface area contributed by atoms with Crippen LogP contribution in [0.25, 0.3) is 0 Å². The molecular weight excluding hydrogens is 299 g/mol. The van der Waals surface area contributed by atoms with Gasteiger partial charge in [-0.1, -0.05) is 6.92 Å². The molecule has 0 spiro atoms. The van der Waals surface area contributed by atoms with Crippen LogP contribution in [0.15, 0.2) is 24.3 Å². The molecule has 2 atom stereocenters. The number of hydrogen-bond acceptors (Lipinski definition) is 3. The van der Waals surface area contributed by atoms with Gasteiger partial charge >= 0.3 is 0 Å². The molecule has 1 rings (SSSR count). The van der Waals surface area contributed by atoms with Crippen LogP contribution in [0.2, 0.25) is 0 Å². The van der Waals surface area contributed by atoms with E-state index in [1.165, 1.54) is 24.3 Å². The average molecular weight is 322 g/mol. The zero-order chi connectivity index (χ0) is 17.4. The summed E-state index contributed by atoms with van der Waals surface area (Å²) in [7, 11) is 0. The Labute approximate surface area is 135 Å². The minimum Gasteiger partial charge on any atom is -0.352 e. The van der Waals surface area contributed by atoms with Crippen LogP contribution in [0, 0.1) is 5.82 Å². The third-order valence-electron chi connectivity index (χ3n) is 3.52. The number of Topliss-reactive ketones (excluding diaryl/α,β-unsaturated/α-hetero) is 1. The van der Waals surface area contributed by atoms with E-state index < -0.39 is 11.9 Å². The number of ketones is 1. The lowest BCUT2D eigenvalue weighted by atomic mass is 10.1. The molecular formula is C17H23FN2O3. The number of nitrogens with one attached hydrogen (secondary N) is 2. The van der Waals surface area contributed by atoms with Gasteiger partial charge in [0.1, 0.15) is 11.9 Å². The zero-order valence-corrected chi connectivity index (χ0v) is 13.7. The van der Waals surface area contributed by atoms with Gasteiger partial charge in [0.2, 0.25) is 11.8 Å². The summed E-state index contributed by atoms with van der Waals surface area (Å²) < 4.78 is 12.8. The zero-order valence-electron chi connectivity index (χ0n) is 13.7. The molecule has 2 unspecified atom stereocenters. The Morgan fingerprint density at radius 3 is 2.22 bits per heavy atom. The van der Waals surface area contributed by atoms with E-state index in [1.807, 2.05) is 13.8 Å². The van der Waals surface area contributed by atoms with Gasteiger partial charge in [-0.3, -0.25) is 14.4 Å². The van der Waals surface area contributed by atoms with E-state index in [4.69, 9.17) is 0 Å². The molecule has 0 aliphatic rings. The Bertz CT molecular complexity index is 557. The van der Waals surface area contributed by atoms with Crippen molar-refractivity contribution in [2.24, 2.45) is 0 Å². The molecule has 2 N–H and O–H groups in total. The normalized spacial score (nSPS) is 13.0. The molecule has 0 radical (unpaired) electrons. The second kappa shape index (κ2) is 9.02. The number of carbonyl (C=O) groups excluding carboxylic acids is 3. The smallest absolute Gasteiger partial charge is 0.242 e. The topological polar surface area (TPSA) is 75.3 Å². The molecule has 126 valence electrons. The molecule has 1 aromatic rings. The number of amides is 2. The van der Waals surface area contributed by atoms with Crippen molar-refractivity contribution in [3.63, 3.8) is 0 Å². The first-order valence-corrected chi connectivity index (χ1v) is 7.72. The number of hydrogen-bond donors (Lipinski definition) is 2. The lowest BCUT2D eigenvalue weighted by Crippen LogP contribution is -2.47. The maximum absolute atomic E-state index is 12.8. The van der Waals surface area contributed by atoms with E-state index >= 15 is 0 Å². The van der Waals surface area contributed by atoms with Crippen LogP contribution in [0.3, 0.4) is 0 Å². The second-order valence-electron chi connectivity index (χ2n) is 5.54. The second-order valence-corrected chi connectivity index (χ2v) is 5.54. The van der Waals surface area contributed by atoms with Crippen LogP contribution < -0.4 is 10.6 Å². The number of halogens is 1. The average Bonchev–Trinajstić information content (AvgIpc) is 2.52. The highest BCUT2D eigenvalue weighted by Gasteiger charge is 2.17. The number of carbonyl (C=O) groups is 3. The SMILES string of the molecule is CCC(C)NC(=O)C(C)NC(=O)CCC(=O)c1ccc(F)cc1. The van der Waals surface area contributed by atoms with Crippen molar-refractivity contribution in [2.45, 2.75) is 52.1 Å². The summed E-state index contributed by atoms with van der Waals surface area (Å²) in [4.78, 5) is 35.5. The molecule has 5 nitrogen and oxygen atoms in total. The molecule has 0 bridgehead atoms. The Balaban J connectivity index is 2.40. The molecule has 0 saturated heterocycles. The fraction of sp³-hybridized carbons (Fsp3) is 0.471. The molecule has 0 aromatic heterocycles. The van der Waals surface area contributed by atoms with Crippen molar-refractivity contribution in [1.29, 1.82) is 0 Å². The highest BCUT2D eigenvalue weighted by Crippen LogP contribution is 2.07. The number of rotatable bonds is 8. The van der Waals surface area contributed by atoms with Gasteiger partial charge in [0.15, 0.2) is 5.78 Å². The van der Waals surface area contributed by atoms with Crippen LogP contribution in [0.4, 0.5) is 4.39 Å². The molecule has 1 aromatic carbocycles. The quantitative estimate of drug-likeness (QED) is 0.721. The summed E-state index contributed by atoms with van der Waals surface area (Å²) in [6, 6.07) is 4.57. The predicted molar refractivity (Wildman–Crippen MR) is 85.5 cm³/mol. The van der Waals surface area contributed by atoms with E-state index in [2.05, 4.69) is 10.6 Å². The van der Waals surface area contributed by atoms with Gasteiger partial charge < -0.3 is 10.6 Å². The fourth-order valence-electron chi connectivity index (χ4n) is 1.86. The highest BCUT2D eigenvalue weighted by molar-refractivity contribution is 5.98. The summed E-state index contributed by atoms with van der Waals surface area (Å²) >= 11 is 0. The van der Waals surface area contributed by atoms with Gasteiger partial charge in [0, 0.05) is 24.4 Å². The maximum Gasteiger partial charge on any atom is 0.242 e. The Hall–Kier alpha value is -2.24. The molecule has 0 aliphatic carbocycles. The Morgan fingerprint density at radius 2 is 1.65 bits per heavy atom. The minimum atomic E-state index is -0.655. The standard InChI is InChI=1S/C17H23FN2O3/c1-4-11(2)19-17(23)12(3)20-16(22)10-9-15(21)13-5-7-14(18)8-6-13/h5-8,11-12H,4,9-10H2,1-3H3,(H,19,23)(H,20,22). The van der Waals surface area contributed by atoms with Gasteiger partial charge in [0.05, 0.1) is 0 Å². The Morgan fingerprint density at radius 1 is 1.04 bits per heavy atom. The van der Waals surface area contributed by atoms with E-state index in [1.54, 1.807) is 6.92 Å². The van der Waals surface area contributed by atoms with Gasteiger partial charge in [-0.2, -0.15) is 0 Å². The van der Waals surface area contributed by atoms with Crippen LogP contribution >= 0.6 is 0 Å². The third kappa shape index (κ3) is 6.59. The van der Waals surface area contributed by atoms with Gasteiger partial charge in [-0.25, -0.2) is 4.39 Å². The summed E-state index contributed by atoms with van der Waals surface area (Å²) in [5.41, 5.74) is 0.363.